The minimum atomic E-state index is -3.87. The molecular formula is C13H15N3O4S. The minimum Gasteiger partial charge on any atom is -0.392 e. The molecule has 0 aliphatic carbocycles. The molecule has 0 saturated carbocycles. The van der Waals surface area contributed by atoms with E-state index >= 15 is 0 Å². The van der Waals surface area contributed by atoms with Crippen LogP contribution in [-0.4, -0.2) is 24.0 Å². The lowest BCUT2D eigenvalue weighted by Gasteiger charge is -2.10. The van der Waals surface area contributed by atoms with Crippen LogP contribution in [0.5, 0.6) is 0 Å². The third-order valence-electron chi connectivity index (χ3n) is 2.97. The van der Waals surface area contributed by atoms with E-state index in [9.17, 15) is 18.3 Å². The Kier molecular flexibility index (Phi) is 4.01. The Balaban J connectivity index is 2.39. The quantitative estimate of drug-likeness (QED) is 0.742. The zero-order valence-corrected chi connectivity index (χ0v) is 12.1. The number of sulfonamides is 1. The number of carbonyl (C=O) groups excluding carboxylic acids is 1. The van der Waals surface area contributed by atoms with E-state index < -0.39 is 15.9 Å². The van der Waals surface area contributed by atoms with E-state index in [0.29, 0.717) is 5.56 Å². The van der Waals surface area contributed by atoms with E-state index in [1.165, 1.54) is 23.9 Å². The van der Waals surface area contributed by atoms with Crippen molar-refractivity contribution in [3.05, 3.63) is 47.8 Å². The SMILES string of the molecule is Cn1cc(S(=O)(=O)Nc2ccccc2CO)cc1C(N)=O. The highest BCUT2D eigenvalue weighted by Gasteiger charge is 2.20. The fraction of sp³-hybridized carbons (Fsp3) is 0.154. The van der Waals surface area contributed by atoms with E-state index in [4.69, 9.17) is 5.73 Å². The van der Waals surface area contributed by atoms with Gasteiger partial charge >= 0.3 is 0 Å². The first kappa shape index (κ1) is 15.1. The monoisotopic (exact) mass is 309 g/mol. The number of hydrogen-bond donors (Lipinski definition) is 3. The molecule has 112 valence electrons. The predicted octanol–water partition coefficient (Wildman–Crippen LogP) is 0.417. The number of benzene rings is 1. The number of aliphatic hydroxyl groups is 1. The fourth-order valence-electron chi connectivity index (χ4n) is 1.89. The number of primary amides is 1. The Morgan fingerprint density at radius 1 is 1.38 bits per heavy atom. The summed E-state index contributed by atoms with van der Waals surface area (Å²) in [5.74, 6) is -0.713. The fourth-order valence-corrected chi connectivity index (χ4v) is 3.06. The van der Waals surface area contributed by atoms with Crippen LogP contribution in [0, 0.1) is 0 Å². The molecule has 2 rings (SSSR count). The van der Waals surface area contributed by atoms with Crippen molar-refractivity contribution in [1.29, 1.82) is 0 Å². The average Bonchev–Trinajstić information content (AvgIpc) is 2.82. The summed E-state index contributed by atoms with van der Waals surface area (Å²) in [6.45, 7) is -0.292. The number of rotatable bonds is 5. The molecule has 0 bridgehead atoms. The lowest BCUT2D eigenvalue weighted by molar-refractivity contribution is 0.0992. The summed E-state index contributed by atoms with van der Waals surface area (Å²) in [7, 11) is -2.34. The van der Waals surface area contributed by atoms with E-state index in [0.717, 1.165) is 0 Å². The van der Waals surface area contributed by atoms with Crippen LogP contribution in [0.4, 0.5) is 5.69 Å². The Morgan fingerprint density at radius 2 is 2.05 bits per heavy atom. The minimum absolute atomic E-state index is 0.0773. The summed E-state index contributed by atoms with van der Waals surface area (Å²) in [4.78, 5) is 11.1. The molecule has 0 radical (unpaired) electrons. The number of aryl methyl sites for hydroxylation is 1. The second-order valence-corrected chi connectivity index (χ2v) is 6.14. The first-order valence-corrected chi connectivity index (χ1v) is 7.51. The van der Waals surface area contributed by atoms with Crippen molar-refractivity contribution in [2.45, 2.75) is 11.5 Å². The van der Waals surface area contributed by atoms with Crippen LogP contribution in [0.3, 0.4) is 0 Å². The number of hydrogen-bond acceptors (Lipinski definition) is 4. The zero-order valence-electron chi connectivity index (χ0n) is 11.3. The molecule has 0 aliphatic rings. The van der Waals surface area contributed by atoms with Crippen LogP contribution in [0.2, 0.25) is 0 Å². The molecule has 0 saturated heterocycles. The van der Waals surface area contributed by atoms with Gasteiger partial charge in [0.15, 0.2) is 0 Å². The van der Waals surface area contributed by atoms with Gasteiger partial charge in [-0.15, -0.1) is 0 Å². The average molecular weight is 309 g/mol. The van der Waals surface area contributed by atoms with Crippen LogP contribution < -0.4 is 10.5 Å². The second kappa shape index (κ2) is 5.58. The molecule has 0 unspecified atom stereocenters. The van der Waals surface area contributed by atoms with Crippen molar-refractivity contribution in [2.75, 3.05) is 4.72 Å². The van der Waals surface area contributed by atoms with Crippen LogP contribution in [0.25, 0.3) is 0 Å². The number of nitrogens with two attached hydrogens (primary N) is 1. The molecule has 0 spiro atoms. The van der Waals surface area contributed by atoms with Crippen molar-refractivity contribution in [3.8, 4) is 0 Å². The number of nitrogens with one attached hydrogen (secondary N) is 1. The van der Waals surface area contributed by atoms with Crippen LogP contribution in [0.1, 0.15) is 16.1 Å². The molecule has 0 fully saturated rings. The van der Waals surface area contributed by atoms with Gasteiger partial charge < -0.3 is 15.4 Å². The third kappa shape index (κ3) is 3.06. The zero-order chi connectivity index (χ0) is 15.6. The first-order chi connectivity index (χ1) is 9.85. The highest BCUT2D eigenvalue weighted by molar-refractivity contribution is 7.92. The topological polar surface area (TPSA) is 114 Å². The van der Waals surface area contributed by atoms with Gasteiger partial charge in [-0.3, -0.25) is 9.52 Å². The summed E-state index contributed by atoms with van der Waals surface area (Å²) in [5.41, 5.74) is 5.98. The third-order valence-corrected chi connectivity index (χ3v) is 4.31. The van der Waals surface area contributed by atoms with Gasteiger partial charge in [-0.1, -0.05) is 18.2 Å². The van der Waals surface area contributed by atoms with E-state index in [-0.39, 0.29) is 22.9 Å². The molecule has 1 amide bonds. The lowest BCUT2D eigenvalue weighted by atomic mass is 10.2. The van der Waals surface area contributed by atoms with Gasteiger partial charge in [0, 0.05) is 18.8 Å². The Labute approximate surface area is 122 Å². The number of amides is 1. The standard InChI is InChI=1S/C13H15N3O4S/c1-16-7-10(6-12(16)13(14)18)21(19,20)15-11-5-3-2-4-9(11)8-17/h2-7,15,17H,8H2,1H3,(H2,14,18). The van der Waals surface area contributed by atoms with Crippen molar-refractivity contribution in [3.63, 3.8) is 0 Å². The Morgan fingerprint density at radius 3 is 2.62 bits per heavy atom. The lowest BCUT2D eigenvalue weighted by Crippen LogP contribution is -2.15. The maximum absolute atomic E-state index is 12.3. The van der Waals surface area contributed by atoms with Gasteiger partial charge in [0.25, 0.3) is 15.9 Å². The molecule has 21 heavy (non-hydrogen) atoms. The summed E-state index contributed by atoms with van der Waals surface area (Å²) >= 11 is 0. The number of nitrogens with zero attached hydrogens (tertiary/aromatic N) is 1. The molecule has 8 heteroatoms. The number of aromatic nitrogens is 1. The van der Waals surface area contributed by atoms with Gasteiger partial charge in [0.1, 0.15) is 10.6 Å². The molecule has 7 nitrogen and oxygen atoms in total. The highest BCUT2D eigenvalue weighted by Crippen LogP contribution is 2.21. The van der Waals surface area contributed by atoms with Crippen molar-refractivity contribution in [2.24, 2.45) is 12.8 Å². The molecule has 4 N–H and O–H groups in total. The highest BCUT2D eigenvalue weighted by atomic mass is 32.2. The molecule has 1 aromatic carbocycles. The predicted molar refractivity (Wildman–Crippen MR) is 77.1 cm³/mol. The van der Waals surface area contributed by atoms with Crippen molar-refractivity contribution in [1.82, 2.24) is 4.57 Å². The summed E-state index contributed by atoms with van der Waals surface area (Å²) in [6.07, 6.45) is 1.30. The molecule has 0 aliphatic heterocycles. The molecule has 1 aromatic heterocycles. The molecule has 2 aromatic rings. The van der Waals surface area contributed by atoms with E-state index in [1.807, 2.05) is 0 Å². The summed E-state index contributed by atoms with van der Waals surface area (Å²) in [5, 5.41) is 9.21. The van der Waals surface area contributed by atoms with Crippen LogP contribution in [0.15, 0.2) is 41.4 Å². The number of carbonyl (C=O) groups is 1. The van der Waals surface area contributed by atoms with Gasteiger partial charge in [-0.25, -0.2) is 8.42 Å². The maximum atomic E-state index is 12.3. The van der Waals surface area contributed by atoms with Crippen LogP contribution in [-0.2, 0) is 23.7 Å². The first-order valence-electron chi connectivity index (χ1n) is 6.03. The smallest absolute Gasteiger partial charge is 0.265 e. The van der Waals surface area contributed by atoms with Gasteiger partial charge in [0.05, 0.1) is 12.3 Å². The van der Waals surface area contributed by atoms with Gasteiger partial charge in [-0.05, 0) is 12.1 Å². The molecular weight excluding hydrogens is 294 g/mol. The maximum Gasteiger partial charge on any atom is 0.265 e. The Bertz CT molecular complexity index is 780. The van der Waals surface area contributed by atoms with Gasteiger partial charge in [-0.2, -0.15) is 0 Å². The number of anilines is 1. The van der Waals surface area contributed by atoms with Crippen molar-refractivity contribution < 1.29 is 18.3 Å². The van der Waals surface area contributed by atoms with E-state index in [1.54, 1.807) is 24.3 Å². The summed E-state index contributed by atoms with van der Waals surface area (Å²) < 4.78 is 28.3. The second-order valence-electron chi connectivity index (χ2n) is 4.46. The van der Waals surface area contributed by atoms with Gasteiger partial charge in [0.2, 0.25) is 0 Å². The van der Waals surface area contributed by atoms with Crippen LogP contribution >= 0.6 is 0 Å². The number of aliphatic hydroxyl groups excluding tert-OH is 1. The molecule has 1 heterocycles. The number of para-hydroxylation sites is 1. The normalized spacial score (nSPS) is 11.3. The Hall–Kier alpha value is -2.32. The molecule has 0 atom stereocenters. The van der Waals surface area contributed by atoms with Crippen molar-refractivity contribution >= 4 is 21.6 Å². The van der Waals surface area contributed by atoms with E-state index in [2.05, 4.69) is 4.72 Å². The largest absolute Gasteiger partial charge is 0.392 e. The summed E-state index contributed by atoms with van der Waals surface area (Å²) in [6, 6.07) is 7.69.